The Labute approximate surface area is 129 Å². The maximum absolute atomic E-state index is 2.40. The van der Waals surface area contributed by atoms with Crippen LogP contribution in [0.25, 0.3) is 12.2 Å². The van der Waals surface area contributed by atoms with E-state index in [1.165, 1.54) is 11.1 Å². The van der Waals surface area contributed by atoms with Crippen molar-refractivity contribution in [3.63, 3.8) is 0 Å². The summed E-state index contributed by atoms with van der Waals surface area (Å²) in [5, 5.41) is 0. The van der Waals surface area contributed by atoms with Gasteiger partial charge in [0.2, 0.25) is 0 Å². The van der Waals surface area contributed by atoms with Crippen LogP contribution < -0.4 is 0 Å². The van der Waals surface area contributed by atoms with E-state index in [-0.39, 0.29) is 9.52 Å². The Morgan fingerprint density at radius 1 is 0.667 bits per heavy atom. The normalized spacial score (nSPS) is 23.1. The van der Waals surface area contributed by atoms with Gasteiger partial charge in [0, 0.05) is 9.52 Å². The molecule has 0 N–H and O–H groups in total. The van der Waals surface area contributed by atoms with Gasteiger partial charge < -0.3 is 0 Å². The van der Waals surface area contributed by atoms with Crippen molar-refractivity contribution in [1.29, 1.82) is 0 Å². The standard InChI is InChI=1S/C20H20Si/c1-13-11-15-7-3-5-9-17(15)19(13)21-20-14(2)12-16-8-4-6-10-18(16)20/h3-12,19-20H,21H2,1-2H3. The van der Waals surface area contributed by atoms with E-state index in [0.29, 0.717) is 11.1 Å². The minimum atomic E-state index is -0.285. The summed E-state index contributed by atoms with van der Waals surface area (Å²) < 4.78 is 0. The van der Waals surface area contributed by atoms with Gasteiger partial charge in [0.05, 0.1) is 0 Å². The first-order chi connectivity index (χ1) is 10.2. The van der Waals surface area contributed by atoms with Crippen molar-refractivity contribution in [2.75, 3.05) is 0 Å². The lowest BCUT2D eigenvalue weighted by molar-refractivity contribution is 1.04. The molecule has 0 aromatic heterocycles. The molecule has 0 heterocycles. The topological polar surface area (TPSA) is 0 Å². The van der Waals surface area contributed by atoms with Gasteiger partial charge in [0.15, 0.2) is 0 Å². The van der Waals surface area contributed by atoms with Crippen LogP contribution in [0.5, 0.6) is 0 Å². The minimum absolute atomic E-state index is 0.285. The molecule has 0 spiro atoms. The van der Waals surface area contributed by atoms with Crippen LogP contribution in [0.3, 0.4) is 0 Å². The van der Waals surface area contributed by atoms with E-state index in [1.54, 1.807) is 22.3 Å². The van der Waals surface area contributed by atoms with Crippen LogP contribution in [-0.2, 0) is 0 Å². The number of allylic oxidation sites excluding steroid dienone is 2. The average Bonchev–Trinajstić information content (AvgIpc) is 2.97. The molecule has 21 heavy (non-hydrogen) atoms. The number of rotatable bonds is 2. The summed E-state index contributed by atoms with van der Waals surface area (Å²) >= 11 is 0. The van der Waals surface area contributed by atoms with Gasteiger partial charge in [0.1, 0.15) is 0 Å². The molecule has 0 bridgehead atoms. The zero-order valence-corrected chi connectivity index (χ0v) is 14.0. The van der Waals surface area contributed by atoms with Crippen molar-refractivity contribution in [2.45, 2.75) is 24.9 Å². The van der Waals surface area contributed by atoms with Gasteiger partial charge in [-0.15, -0.1) is 0 Å². The highest BCUT2D eigenvalue weighted by Crippen LogP contribution is 2.42. The Morgan fingerprint density at radius 2 is 1.10 bits per heavy atom. The molecule has 0 fully saturated rings. The predicted octanol–water partition coefficient (Wildman–Crippen LogP) is 4.47. The molecular formula is C20H20Si. The van der Waals surface area contributed by atoms with E-state index in [1.807, 2.05) is 0 Å². The van der Waals surface area contributed by atoms with E-state index in [0.717, 1.165) is 0 Å². The van der Waals surface area contributed by atoms with E-state index >= 15 is 0 Å². The molecule has 104 valence electrons. The van der Waals surface area contributed by atoms with Crippen LogP contribution in [0.2, 0.25) is 0 Å². The van der Waals surface area contributed by atoms with Crippen LogP contribution in [0.15, 0.2) is 59.7 Å². The number of fused-ring (bicyclic) bond motifs is 2. The van der Waals surface area contributed by atoms with Crippen molar-refractivity contribution in [3.8, 4) is 0 Å². The van der Waals surface area contributed by atoms with Crippen LogP contribution in [0.1, 0.15) is 47.2 Å². The smallest absolute Gasteiger partial charge is 0.0474 e. The number of hydrogen-bond donors (Lipinski definition) is 0. The van der Waals surface area contributed by atoms with Crippen molar-refractivity contribution in [3.05, 3.63) is 81.9 Å². The zero-order valence-electron chi connectivity index (χ0n) is 12.6. The molecule has 0 saturated carbocycles. The van der Waals surface area contributed by atoms with Crippen LogP contribution in [0, 0.1) is 0 Å². The molecule has 2 unspecified atom stereocenters. The Balaban J connectivity index is 1.69. The first-order valence-corrected chi connectivity index (χ1v) is 9.41. The quantitative estimate of drug-likeness (QED) is 0.715. The highest BCUT2D eigenvalue weighted by molar-refractivity contribution is 6.43. The monoisotopic (exact) mass is 288 g/mol. The average molecular weight is 288 g/mol. The van der Waals surface area contributed by atoms with Crippen LogP contribution in [0.4, 0.5) is 0 Å². The maximum Gasteiger partial charge on any atom is 0.0474 e. The van der Waals surface area contributed by atoms with Gasteiger partial charge in [-0.25, -0.2) is 0 Å². The van der Waals surface area contributed by atoms with Gasteiger partial charge in [0.25, 0.3) is 0 Å². The molecule has 2 aromatic rings. The van der Waals surface area contributed by atoms with Crippen LogP contribution >= 0.6 is 0 Å². The Bertz CT molecular complexity index is 701. The van der Waals surface area contributed by atoms with E-state index in [2.05, 4.69) is 74.5 Å². The van der Waals surface area contributed by atoms with E-state index in [9.17, 15) is 0 Å². The first kappa shape index (κ1) is 12.8. The molecule has 0 nitrogen and oxygen atoms in total. The largest absolute Gasteiger partial charge is 0.0686 e. The third-order valence-electron chi connectivity index (χ3n) is 5.08. The molecule has 4 rings (SSSR count). The van der Waals surface area contributed by atoms with Crippen LogP contribution in [-0.4, -0.2) is 9.52 Å². The van der Waals surface area contributed by atoms with E-state index < -0.39 is 0 Å². The molecule has 0 aliphatic heterocycles. The second-order valence-corrected chi connectivity index (χ2v) is 8.48. The van der Waals surface area contributed by atoms with Crippen molar-refractivity contribution < 1.29 is 0 Å². The minimum Gasteiger partial charge on any atom is -0.0686 e. The SMILES string of the molecule is CC1=Cc2ccccc2C1[SiH2]C1C(C)=Cc2ccccc21. The lowest BCUT2D eigenvalue weighted by Crippen LogP contribution is -2.16. The molecule has 2 aliphatic carbocycles. The Morgan fingerprint density at radius 3 is 1.57 bits per heavy atom. The molecule has 2 atom stereocenters. The second-order valence-electron chi connectivity index (χ2n) is 6.38. The van der Waals surface area contributed by atoms with Crippen molar-refractivity contribution >= 4 is 21.7 Å². The third kappa shape index (κ3) is 2.04. The molecule has 0 saturated heterocycles. The van der Waals surface area contributed by atoms with Crippen molar-refractivity contribution in [2.24, 2.45) is 0 Å². The summed E-state index contributed by atoms with van der Waals surface area (Å²) in [4.78, 5) is 0. The second kappa shape index (κ2) is 4.85. The lowest BCUT2D eigenvalue weighted by atomic mass is 10.1. The summed E-state index contributed by atoms with van der Waals surface area (Å²) in [5.74, 6) is 0. The number of benzene rings is 2. The molecule has 0 radical (unpaired) electrons. The van der Waals surface area contributed by atoms with Crippen molar-refractivity contribution in [1.82, 2.24) is 0 Å². The molecule has 1 heteroatoms. The summed E-state index contributed by atoms with van der Waals surface area (Å²) in [5.41, 5.74) is 10.6. The van der Waals surface area contributed by atoms with Gasteiger partial charge in [-0.05, 0) is 47.2 Å². The number of hydrogen-bond acceptors (Lipinski definition) is 0. The lowest BCUT2D eigenvalue weighted by Gasteiger charge is -2.21. The maximum atomic E-state index is 2.40. The van der Waals surface area contributed by atoms with Gasteiger partial charge >= 0.3 is 0 Å². The highest BCUT2D eigenvalue weighted by atomic mass is 28.2. The fourth-order valence-electron chi connectivity index (χ4n) is 3.96. The highest BCUT2D eigenvalue weighted by Gasteiger charge is 2.30. The Hall–Kier alpha value is -1.86. The fourth-order valence-corrected chi connectivity index (χ4v) is 6.67. The summed E-state index contributed by atoms with van der Waals surface area (Å²) in [6, 6.07) is 17.9. The van der Waals surface area contributed by atoms with Gasteiger partial charge in [-0.3, -0.25) is 0 Å². The zero-order chi connectivity index (χ0) is 14.4. The third-order valence-corrected chi connectivity index (χ3v) is 8.19. The molecular weight excluding hydrogens is 268 g/mol. The van der Waals surface area contributed by atoms with E-state index in [4.69, 9.17) is 0 Å². The molecule has 2 aromatic carbocycles. The fraction of sp³-hybridized carbons (Fsp3) is 0.200. The Kier molecular flexibility index (Phi) is 2.97. The van der Waals surface area contributed by atoms with Gasteiger partial charge in [-0.2, -0.15) is 0 Å². The summed E-state index contributed by atoms with van der Waals surface area (Å²) in [7, 11) is -0.285. The first-order valence-electron chi connectivity index (χ1n) is 7.78. The molecule has 2 aliphatic rings. The summed E-state index contributed by atoms with van der Waals surface area (Å²) in [6.45, 7) is 4.63. The predicted molar refractivity (Wildman–Crippen MR) is 94.2 cm³/mol. The summed E-state index contributed by atoms with van der Waals surface area (Å²) in [6.07, 6.45) is 4.79. The van der Waals surface area contributed by atoms with Gasteiger partial charge in [-0.1, -0.05) is 71.8 Å². The molecule has 0 amide bonds.